The van der Waals surface area contributed by atoms with Crippen molar-refractivity contribution in [3.63, 3.8) is 0 Å². The summed E-state index contributed by atoms with van der Waals surface area (Å²) in [6, 6.07) is 0.219. The zero-order chi connectivity index (χ0) is 9.97. The van der Waals surface area contributed by atoms with Gasteiger partial charge in [-0.1, -0.05) is 0 Å². The van der Waals surface area contributed by atoms with Crippen molar-refractivity contribution in [3.05, 3.63) is 12.2 Å². The van der Waals surface area contributed by atoms with Crippen molar-refractivity contribution in [1.29, 1.82) is 0 Å². The summed E-state index contributed by atoms with van der Waals surface area (Å²) >= 11 is 0. The number of alkyl halides is 2. The summed E-state index contributed by atoms with van der Waals surface area (Å²) in [5.41, 5.74) is 0. The first-order valence-corrected chi connectivity index (χ1v) is 4.67. The molecule has 0 spiro atoms. The van der Waals surface area contributed by atoms with E-state index in [0.717, 1.165) is 25.9 Å². The molecular formula is C8H12F2N4. The Morgan fingerprint density at radius 3 is 2.71 bits per heavy atom. The third-order valence-corrected chi connectivity index (χ3v) is 2.40. The van der Waals surface area contributed by atoms with Crippen LogP contribution in [-0.4, -0.2) is 27.9 Å². The lowest BCUT2D eigenvalue weighted by molar-refractivity contribution is 0.139. The molecule has 1 aliphatic rings. The number of nitrogens with one attached hydrogen (secondary N) is 1. The summed E-state index contributed by atoms with van der Waals surface area (Å²) < 4.78 is 26.0. The van der Waals surface area contributed by atoms with Gasteiger partial charge in [0, 0.05) is 0 Å². The topological polar surface area (TPSA) is 42.7 Å². The van der Waals surface area contributed by atoms with Gasteiger partial charge in [-0.05, 0) is 25.9 Å². The molecule has 2 rings (SSSR count). The van der Waals surface area contributed by atoms with E-state index in [0.29, 0.717) is 0 Å². The Labute approximate surface area is 80.3 Å². The van der Waals surface area contributed by atoms with Crippen molar-refractivity contribution in [2.75, 3.05) is 13.1 Å². The van der Waals surface area contributed by atoms with Crippen LogP contribution >= 0.6 is 0 Å². The lowest BCUT2D eigenvalue weighted by Crippen LogP contribution is -2.29. The van der Waals surface area contributed by atoms with E-state index >= 15 is 0 Å². The summed E-state index contributed by atoms with van der Waals surface area (Å²) in [5, 5.41) is 6.97. The van der Waals surface area contributed by atoms with E-state index in [4.69, 9.17) is 0 Å². The number of rotatable bonds is 2. The summed E-state index contributed by atoms with van der Waals surface area (Å²) in [5.74, 6) is -0.372. The van der Waals surface area contributed by atoms with E-state index < -0.39 is 6.43 Å². The van der Waals surface area contributed by atoms with E-state index in [1.54, 1.807) is 4.68 Å². The number of halogens is 2. The number of nitrogens with zero attached hydrogens (tertiary/aromatic N) is 3. The predicted octanol–water partition coefficient (Wildman–Crippen LogP) is 1.14. The third kappa shape index (κ3) is 1.89. The third-order valence-electron chi connectivity index (χ3n) is 2.40. The standard InChI is InChI=1S/C8H12F2N4/c9-7(10)8-12-5-14(13-8)6-1-3-11-4-2-6/h5-7,11H,1-4H2. The van der Waals surface area contributed by atoms with Gasteiger partial charge in [-0.25, -0.2) is 18.4 Å². The zero-order valence-electron chi connectivity index (χ0n) is 7.66. The average Bonchev–Trinajstić information content (AvgIpc) is 2.68. The Hall–Kier alpha value is -1.04. The maximum absolute atomic E-state index is 12.2. The largest absolute Gasteiger partial charge is 0.317 e. The minimum Gasteiger partial charge on any atom is -0.317 e. The number of hydrogen-bond acceptors (Lipinski definition) is 3. The SMILES string of the molecule is FC(F)c1ncn(C2CCNCC2)n1. The fraction of sp³-hybridized carbons (Fsp3) is 0.750. The van der Waals surface area contributed by atoms with Gasteiger partial charge in [-0.15, -0.1) is 5.10 Å². The molecule has 0 aliphatic carbocycles. The molecule has 0 amide bonds. The van der Waals surface area contributed by atoms with Crippen LogP contribution in [0.15, 0.2) is 6.33 Å². The lowest BCUT2D eigenvalue weighted by Gasteiger charge is -2.22. The molecule has 0 atom stereocenters. The summed E-state index contributed by atoms with van der Waals surface area (Å²) in [6.07, 6.45) is 0.674. The van der Waals surface area contributed by atoms with Crippen LogP contribution in [0.3, 0.4) is 0 Å². The highest BCUT2D eigenvalue weighted by molar-refractivity contribution is 4.85. The van der Waals surface area contributed by atoms with Crippen LogP contribution in [0.2, 0.25) is 0 Å². The first-order chi connectivity index (χ1) is 6.77. The second kappa shape index (κ2) is 4.00. The van der Waals surface area contributed by atoms with E-state index in [1.807, 2.05) is 0 Å². The van der Waals surface area contributed by atoms with Crippen LogP contribution in [0.4, 0.5) is 8.78 Å². The van der Waals surface area contributed by atoms with Crippen LogP contribution in [0, 0.1) is 0 Å². The minimum atomic E-state index is -2.57. The van der Waals surface area contributed by atoms with Crippen molar-refractivity contribution in [3.8, 4) is 0 Å². The molecule has 4 nitrogen and oxygen atoms in total. The lowest BCUT2D eigenvalue weighted by atomic mass is 10.1. The highest BCUT2D eigenvalue weighted by Crippen LogP contribution is 2.19. The van der Waals surface area contributed by atoms with Crippen molar-refractivity contribution in [1.82, 2.24) is 20.1 Å². The van der Waals surface area contributed by atoms with E-state index in [2.05, 4.69) is 15.4 Å². The first-order valence-electron chi connectivity index (χ1n) is 4.67. The van der Waals surface area contributed by atoms with E-state index in [9.17, 15) is 8.78 Å². The minimum absolute atomic E-state index is 0.219. The molecule has 0 saturated carbocycles. The van der Waals surface area contributed by atoms with Crippen LogP contribution in [-0.2, 0) is 0 Å². The maximum Gasteiger partial charge on any atom is 0.299 e. The van der Waals surface area contributed by atoms with Crippen molar-refractivity contribution >= 4 is 0 Å². The van der Waals surface area contributed by atoms with Gasteiger partial charge < -0.3 is 5.32 Å². The molecule has 1 N–H and O–H groups in total. The molecule has 0 aromatic carbocycles. The van der Waals surface area contributed by atoms with Gasteiger partial charge in [0.1, 0.15) is 6.33 Å². The van der Waals surface area contributed by atoms with Gasteiger partial charge in [-0.3, -0.25) is 0 Å². The number of aromatic nitrogens is 3. The Morgan fingerprint density at radius 1 is 1.43 bits per heavy atom. The molecule has 0 radical (unpaired) electrons. The van der Waals surface area contributed by atoms with Crippen molar-refractivity contribution in [2.24, 2.45) is 0 Å². The van der Waals surface area contributed by atoms with Gasteiger partial charge in [0.2, 0.25) is 5.82 Å². The molecule has 1 fully saturated rings. The molecule has 1 saturated heterocycles. The quantitative estimate of drug-likeness (QED) is 0.782. The fourth-order valence-corrected chi connectivity index (χ4v) is 1.64. The Kier molecular flexibility index (Phi) is 2.72. The predicted molar refractivity (Wildman–Crippen MR) is 46.1 cm³/mol. The van der Waals surface area contributed by atoms with Crippen molar-refractivity contribution < 1.29 is 8.78 Å². The van der Waals surface area contributed by atoms with Crippen LogP contribution < -0.4 is 5.32 Å². The fourth-order valence-electron chi connectivity index (χ4n) is 1.64. The first kappa shape index (κ1) is 9.51. The smallest absolute Gasteiger partial charge is 0.299 e. The second-order valence-corrected chi connectivity index (χ2v) is 3.36. The number of hydrogen-bond donors (Lipinski definition) is 1. The number of piperidine rings is 1. The molecule has 0 bridgehead atoms. The normalized spacial score (nSPS) is 19.1. The molecule has 0 unspecified atom stereocenters. The van der Waals surface area contributed by atoms with E-state index in [1.165, 1.54) is 6.33 Å². The van der Waals surface area contributed by atoms with Crippen LogP contribution in [0.25, 0.3) is 0 Å². The second-order valence-electron chi connectivity index (χ2n) is 3.36. The summed E-state index contributed by atoms with van der Waals surface area (Å²) in [4.78, 5) is 3.57. The van der Waals surface area contributed by atoms with Crippen LogP contribution in [0.1, 0.15) is 31.1 Å². The Balaban J connectivity index is 2.07. The molecule has 1 aliphatic heterocycles. The molecule has 78 valence electrons. The molecule has 1 aromatic heterocycles. The zero-order valence-corrected chi connectivity index (χ0v) is 7.66. The van der Waals surface area contributed by atoms with Gasteiger partial charge >= 0.3 is 0 Å². The summed E-state index contributed by atoms with van der Waals surface area (Å²) in [7, 11) is 0. The monoisotopic (exact) mass is 202 g/mol. The van der Waals surface area contributed by atoms with Gasteiger partial charge in [0.15, 0.2) is 0 Å². The molecular weight excluding hydrogens is 190 g/mol. The van der Waals surface area contributed by atoms with Crippen molar-refractivity contribution in [2.45, 2.75) is 25.3 Å². The Bertz CT molecular complexity index is 293. The average molecular weight is 202 g/mol. The maximum atomic E-state index is 12.2. The van der Waals surface area contributed by atoms with Gasteiger partial charge in [0.25, 0.3) is 6.43 Å². The molecule has 2 heterocycles. The Morgan fingerprint density at radius 2 is 2.14 bits per heavy atom. The molecule has 6 heteroatoms. The molecule has 14 heavy (non-hydrogen) atoms. The molecule has 1 aromatic rings. The van der Waals surface area contributed by atoms with E-state index in [-0.39, 0.29) is 11.9 Å². The highest BCUT2D eigenvalue weighted by atomic mass is 19.3. The highest BCUT2D eigenvalue weighted by Gasteiger charge is 2.19. The van der Waals surface area contributed by atoms with Crippen LogP contribution in [0.5, 0.6) is 0 Å². The van der Waals surface area contributed by atoms with Gasteiger partial charge in [-0.2, -0.15) is 0 Å². The summed E-state index contributed by atoms with van der Waals surface area (Å²) in [6.45, 7) is 1.82. The van der Waals surface area contributed by atoms with Gasteiger partial charge in [0.05, 0.1) is 6.04 Å².